The number of thioether (sulfide) groups is 1. The zero-order valence-corrected chi connectivity index (χ0v) is 11.5. The van der Waals surface area contributed by atoms with Crippen LogP contribution in [0.2, 0.25) is 5.15 Å². The van der Waals surface area contributed by atoms with Gasteiger partial charge in [0.05, 0.1) is 0 Å². The summed E-state index contributed by atoms with van der Waals surface area (Å²) in [7, 11) is 0. The maximum atomic E-state index is 11.9. The second-order valence-electron chi connectivity index (χ2n) is 3.81. The number of halogens is 4. The highest BCUT2D eigenvalue weighted by molar-refractivity contribution is 8.00. The number of nitrogens with one attached hydrogen (secondary N) is 1. The molecule has 0 aliphatic heterocycles. The molecule has 0 aromatic carbocycles. The molecule has 1 rings (SSSR count). The maximum Gasteiger partial charge on any atom is 0.441 e. The van der Waals surface area contributed by atoms with Crippen molar-refractivity contribution in [2.75, 3.05) is 17.6 Å². The molecule has 0 aliphatic carbocycles. The summed E-state index contributed by atoms with van der Waals surface area (Å²) >= 11 is 5.73. The van der Waals surface area contributed by atoms with Gasteiger partial charge >= 0.3 is 5.51 Å². The molecule has 0 spiro atoms. The number of anilines is 1. The lowest BCUT2D eigenvalue weighted by Crippen LogP contribution is -2.11. The summed E-state index contributed by atoms with van der Waals surface area (Å²) < 4.78 is 35.7. The van der Waals surface area contributed by atoms with E-state index in [1.165, 1.54) is 6.07 Å². The smallest absolute Gasteiger partial charge is 0.369 e. The van der Waals surface area contributed by atoms with E-state index in [2.05, 4.69) is 15.3 Å². The fourth-order valence-electron chi connectivity index (χ4n) is 1.13. The van der Waals surface area contributed by atoms with Gasteiger partial charge in [-0.15, -0.1) is 0 Å². The van der Waals surface area contributed by atoms with Crippen molar-refractivity contribution >= 4 is 29.2 Å². The zero-order valence-electron chi connectivity index (χ0n) is 9.88. The maximum absolute atomic E-state index is 11.9. The van der Waals surface area contributed by atoms with Crippen LogP contribution >= 0.6 is 23.4 Å². The molecule has 1 aromatic rings. The van der Waals surface area contributed by atoms with Crippen molar-refractivity contribution < 1.29 is 13.2 Å². The Bertz CT molecular complexity index is 398. The third kappa shape index (κ3) is 5.77. The normalized spacial score (nSPS) is 11.9. The zero-order chi connectivity index (χ0) is 13.8. The van der Waals surface area contributed by atoms with E-state index in [1.807, 2.05) is 13.8 Å². The predicted molar refractivity (Wildman–Crippen MR) is 68.1 cm³/mol. The van der Waals surface area contributed by atoms with Crippen molar-refractivity contribution in [3.05, 3.63) is 17.0 Å². The number of rotatable bonds is 5. The highest BCUT2D eigenvalue weighted by Gasteiger charge is 2.27. The van der Waals surface area contributed by atoms with Gasteiger partial charge in [0, 0.05) is 24.3 Å². The lowest BCUT2D eigenvalue weighted by atomic mass is 10.2. The number of hydrogen-bond acceptors (Lipinski definition) is 4. The van der Waals surface area contributed by atoms with Gasteiger partial charge < -0.3 is 5.32 Å². The first kappa shape index (κ1) is 15.4. The van der Waals surface area contributed by atoms with Gasteiger partial charge in [-0.1, -0.05) is 25.4 Å². The highest BCUT2D eigenvalue weighted by Crippen LogP contribution is 2.29. The molecule has 1 aromatic heterocycles. The molecule has 0 saturated carbocycles. The Balaban J connectivity index is 2.52. The third-order valence-electron chi connectivity index (χ3n) is 1.90. The molecule has 0 unspecified atom stereocenters. The third-order valence-corrected chi connectivity index (χ3v) is 2.83. The molecule has 3 nitrogen and oxygen atoms in total. The lowest BCUT2D eigenvalue weighted by Gasteiger charge is -2.10. The predicted octanol–water partition coefficient (Wildman–Crippen LogP) is 3.92. The first-order chi connectivity index (χ1) is 8.28. The number of alkyl halides is 3. The van der Waals surface area contributed by atoms with E-state index < -0.39 is 5.51 Å². The summed E-state index contributed by atoms with van der Waals surface area (Å²) in [5.74, 6) is 1.03. The van der Waals surface area contributed by atoms with E-state index in [0.717, 1.165) is 0 Å². The van der Waals surface area contributed by atoms with Crippen molar-refractivity contribution in [1.82, 2.24) is 9.97 Å². The van der Waals surface area contributed by atoms with Gasteiger partial charge in [-0.25, -0.2) is 9.97 Å². The van der Waals surface area contributed by atoms with E-state index in [4.69, 9.17) is 11.6 Å². The molecule has 18 heavy (non-hydrogen) atoms. The lowest BCUT2D eigenvalue weighted by molar-refractivity contribution is -0.0327. The van der Waals surface area contributed by atoms with Crippen molar-refractivity contribution in [3.63, 3.8) is 0 Å². The molecule has 0 bridgehead atoms. The Hall–Kier alpha value is -0.690. The largest absolute Gasteiger partial charge is 0.441 e. The van der Waals surface area contributed by atoms with Crippen LogP contribution < -0.4 is 5.32 Å². The summed E-state index contributed by atoms with van der Waals surface area (Å²) in [5, 5.41) is 3.07. The van der Waals surface area contributed by atoms with Crippen molar-refractivity contribution in [3.8, 4) is 0 Å². The molecule has 102 valence electrons. The van der Waals surface area contributed by atoms with Gasteiger partial charge in [0.15, 0.2) is 0 Å². The van der Waals surface area contributed by atoms with Gasteiger partial charge in [0.1, 0.15) is 16.8 Å². The average Bonchev–Trinajstić information content (AvgIpc) is 2.22. The van der Waals surface area contributed by atoms with E-state index in [9.17, 15) is 13.2 Å². The summed E-state index contributed by atoms with van der Waals surface area (Å²) in [6.45, 7) is 3.99. The standard InChI is InChI=1S/C10H13ClF3N3S/c1-6(2)9-16-7(11)5-8(17-9)15-3-4-18-10(12,13)14/h5-6H,3-4H2,1-2H3,(H,15,16,17). The van der Waals surface area contributed by atoms with Gasteiger partial charge in [-0.05, 0) is 11.8 Å². The fraction of sp³-hybridized carbons (Fsp3) is 0.600. The van der Waals surface area contributed by atoms with Crippen molar-refractivity contribution in [2.45, 2.75) is 25.3 Å². The second kappa shape index (κ2) is 6.47. The fourth-order valence-corrected chi connectivity index (χ4v) is 1.76. The highest BCUT2D eigenvalue weighted by atomic mass is 35.5. The van der Waals surface area contributed by atoms with E-state index in [1.54, 1.807) is 0 Å². The van der Waals surface area contributed by atoms with Crippen LogP contribution in [0, 0.1) is 0 Å². The van der Waals surface area contributed by atoms with Crippen molar-refractivity contribution in [1.29, 1.82) is 0 Å². The number of hydrogen-bond donors (Lipinski definition) is 1. The molecule has 0 saturated heterocycles. The topological polar surface area (TPSA) is 37.8 Å². The first-order valence-electron chi connectivity index (χ1n) is 5.27. The van der Waals surface area contributed by atoms with E-state index in [-0.39, 0.29) is 35.1 Å². The molecule has 0 aliphatic rings. The monoisotopic (exact) mass is 299 g/mol. The van der Waals surface area contributed by atoms with Gasteiger partial charge in [-0.2, -0.15) is 13.2 Å². The summed E-state index contributed by atoms with van der Waals surface area (Å²) in [6, 6.07) is 1.49. The summed E-state index contributed by atoms with van der Waals surface area (Å²) in [4.78, 5) is 8.20. The van der Waals surface area contributed by atoms with E-state index in [0.29, 0.717) is 11.6 Å². The van der Waals surface area contributed by atoms with Crippen LogP contribution in [0.25, 0.3) is 0 Å². The number of nitrogens with zero attached hydrogens (tertiary/aromatic N) is 2. The summed E-state index contributed by atoms with van der Waals surface area (Å²) in [6.07, 6.45) is 0. The quantitative estimate of drug-likeness (QED) is 0.660. The van der Waals surface area contributed by atoms with Crippen LogP contribution in [-0.4, -0.2) is 27.8 Å². The molecule has 0 radical (unpaired) electrons. The SMILES string of the molecule is CC(C)c1nc(Cl)cc(NCCSC(F)(F)F)n1. The Morgan fingerprint density at radius 3 is 2.61 bits per heavy atom. The minimum atomic E-state index is -4.20. The Labute approximate surface area is 113 Å². The van der Waals surface area contributed by atoms with Crippen molar-refractivity contribution in [2.24, 2.45) is 0 Å². The Kier molecular flexibility index (Phi) is 5.52. The first-order valence-corrected chi connectivity index (χ1v) is 6.63. The minimum absolute atomic E-state index is 0.0714. The molecule has 0 fully saturated rings. The van der Waals surface area contributed by atoms with Crippen LogP contribution in [-0.2, 0) is 0 Å². The average molecular weight is 300 g/mol. The van der Waals surface area contributed by atoms with Crippen LogP contribution in [0.5, 0.6) is 0 Å². The molecule has 1 heterocycles. The molecule has 0 atom stereocenters. The Morgan fingerprint density at radius 2 is 2.06 bits per heavy atom. The van der Waals surface area contributed by atoms with Crippen LogP contribution in [0.4, 0.5) is 19.0 Å². The number of aromatic nitrogens is 2. The van der Waals surface area contributed by atoms with E-state index >= 15 is 0 Å². The summed E-state index contributed by atoms with van der Waals surface area (Å²) in [5.41, 5.74) is -4.20. The molecular formula is C10H13ClF3N3S. The van der Waals surface area contributed by atoms with Crippen LogP contribution in [0.3, 0.4) is 0 Å². The molecular weight excluding hydrogens is 287 g/mol. The van der Waals surface area contributed by atoms with Crippen LogP contribution in [0.1, 0.15) is 25.6 Å². The second-order valence-corrected chi connectivity index (χ2v) is 5.36. The minimum Gasteiger partial charge on any atom is -0.369 e. The molecule has 1 N–H and O–H groups in total. The van der Waals surface area contributed by atoms with Gasteiger partial charge in [0.2, 0.25) is 0 Å². The van der Waals surface area contributed by atoms with Gasteiger partial charge in [-0.3, -0.25) is 0 Å². The van der Waals surface area contributed by atoms with Crippen LogP contribution in [0.15, 0.2) is 6.07 Å². The molecule has 0 amide bonds. The molecule has 8 heteroatoms. The van der Waals surface area contributed by atoms with Gasteiger partial charge in [0.25, 0.3) is 0 Å². The Morgan fingerprint density at radius 1 is 1.39 bits per heavy atom.